The molecule has 0 aliphatic heterocycles. The Balaban J connectivity index is 1.54. The minimum atomic E-state index is -0.627. The third-order valence-corrected chi connectivity index (χ3v) is 4.83. The molecule has 132 valence electrons. The summed E-state index contributed by atoms with van der Waals surface area (Å²) < 4.78 is 7.57. The van der Waals surface area contributed by atoms with E-state index in [0.29, 0.717) is 17.1 Å². The lowest BCUT2D eigenvalue weighted by molar-refractivity contribution is 0.126. The fourth-order valence-electron chi connectivity index (χ4n) is 2.41. The Kier molecular flexibility index (Phi) is 5.95. The first kappa shape index (κ1) is 18.1. The highest BCUT2D eigenvalue weighted by Gasteiger charge is 2.11. The Morgan fingerprint density at radius 1 is 1.27 bits per heavy atom. The van der Waals surface area contributed by atoms with E-state index >= 15 is 0 Å². The maximum atomic E-state index is 10.2. The summed E-state index contributed by atoms with van der Waals surface area (Å²) in [6.07, 6.45) is 3.04. The molecule has 3 aromatic rings. The number of nitriles is 1. The molecule has 0 saturated heterocycles. The topological polar surface area (TPSA) is 71.1 Å². The van der Waals surface area contributed by atoms with Crippen LogP contribution in [-0.2, 0) is 0 Å². The zero-order chi connectivity index (χ0) is 18.4. The van der Waals surface area contributed by atoms with Crippen LogP contribution in [0.4, 0.5) is 0 Å². The number of hydrogen-bond acceptors (Lipinski definition) is 5. The molecule has 1 unspecified atom stereocenters. The second kappa shape index (κ2) is 8.56. The Morgan fingerprint density at radius 2 is 2.08 bits per heavy atom. The lowest BCUT2D eigenvalue weighted by Gasteiger charge is -2.13. The van der Waals surface area contributed by atoms with E-state index in [1.165, 1.54) is 17.3 Å². The fourth-order valence-corrected chi connectivity index (χ4v) is 3.29. The van der Waals surface area contributed by atoms with Crippen molar-refractivity contribution in [1.82, 2.24) is 9.55 Å². The van der Waals surface area contributed by atoms with Crippen LogP contribution in [0.5, 0.6) is 5.75 Å². The van der Waals surface area contributed by atoms with E-state index in [9.17, 15) is 5.11 Å². The van der Waals surface area contributed by atoms with Crippen LogP contribution in [0.1, 0.15) is 11.1 Å². The molecule has 0 saturated carbocycles. The standard InChI is InChI=1S/C20H19N3O2S/c1-15-3-2-4-17(11-15)23-10-9-22-20(23)26-14-18(24)13-25-19-7-5-16(12-21)6-8-19/h2-11,18,24H,13-14H2,1H3. The number of nitrogens with zero attached hydrogens (tertiary/aromatic N) is 3. The van der Waals surface area contributed by atoms with Crippen LogP contribution in [0.25, 0.3) is 5.69 Å². The molecule has 1 atom stereocenters. The summed E-state index contributed by atoms with van der Waals surface area (Å²) in [5.41, 5.74) is 2.81. The van der Waals surface area contributed by atoms with Crippen molar-refractivity contribution in [3.8, 4) is 17.5 Å². The Hall–Kier alpha value is -2.75. The van der Waals surface area contributed by atoms with E-state index in [-0.39, 0.29) is 6.61 Å². The second-order valence-electron chi connectivity index (χ2n) is 5.83. The van der Waals surface area contributed by atoms with E-state index in [1.807, 2.05) is 22.9 Å². The van der Waals surface area contributed by atoms with Gasteiger partial charge in [-0.05, 0) is 48.9 Å². The average Bonchev–Trinajstić information content (AvgIpc) is 3.14. The summed E-state index contributed by atoms with van der Waals surface area (Å²) in [7, 11) is 0. The van der Waals surface area contributed by atoms with Gasteiger partial charge >= 0.3 is 0 Å². The summed E-state index contributed by atoms with van der Waals surface area (Å²) in [5.74, 6) is 1.10. The SMILES string of the molecule is Cc1cccc(-n2ccnc2SCC(O)COc2ccc(C#N)cc2)c1. The van der Waals surface area contributed by atoms with Crippen LogP contribution < -0.4 is 4.74 Å². The second-order valence-corrected chi connectivity index (χ2v) is 6.82. The molecule has 26 heavy (non-hydrogen) atoms. The zero-order valence-electron chi connectivity index (χ0n) is 14.4. The summed E-state index contributed by atoms with van der Waals surface area (Å²) in [5, 5.41) is 19.8. The molecule has 1 N–H and O–H groups in total. The lowest BCUT2D eigenvalue weighted by Crippen LogP contribution is -2.20. The summed E-state index contributed by atoms with van der Waals surface area (Å²) in [6.45, 7) is 2.24. The van der Waals surface area contributed by atoms with Gasteiger partial charge < -0.3 is 9.84 Å². The first-order valence-corrected chi connectivity index (χ1v) is 9.18. The summed E-state index contributed by atoms with van der Waals surface area (Å²) in [4.78, 5) is 4.37. The highest BCUT2D eigenvalue weighted by Crippen LogP contribution is 2.22. The van der Waals surface area contributed by atoms with Gasteiger partial charge in [0, 0.05) is 23.8 Å². The van der Waals surface area contributed by atoms with Gasteiger partial charge in [-0.3, -0.25) is 4.57 Å². The van der Waals surface area contributed by atoms with Crippen LogP contribution in [0.2, 0.25) is 0 Å². The first-order chi connectivity index (χ1) is 12.7. The molecule has 1 heterocycles. The molecule has 0 spiro atoms. The van der Waals surface area contributed by atoms with Crippen molar-refractivity contribution in [1.29, 1.82) is 5.26 Å². The Labute approximate surface area is 156 Å². The number of aromatic nitrogens is 2. The van der Waals surface area contributed by atoms with Gasteiger partial charge in [-0.25, -0.2) is 4.98 Å². The van der Waals surface area contributed by atoms with Crippen LogP contribution in [-0.4, -0.2) is 33.1 Å². The molecule has 2 aromatic carbocycles. The minimum absolute atomic E-state index is 0.185. The normalized spacial score (nSPS) is 11.7. The van der Waals surface area contributed by atoms with E-state index in [0.717, 1.165) is 10.8 Å². The van der Waals surface area contributed by atoms with E-state index in [2.05, 4.69) is 30.1 Å². The monoisotopic (exact) mass is 365 g/mol. The predicted molar refractivity (Wildman–Crippen MR) is 102 cm³/mol. The van der Waals surface area contributed by atoms with Crippen LogP contribution in [0.15, 0.2) is 66.1 Å². The van der Waals surface area contributed by atoms with Crippen molar-refractivity contribution in [3.63, 3.8) is 0 Å². The van der Waals surface area contributed by atoms with Crippen molar-refractivity contribution in [2.45, 2.75) is 18.2 Å². The molecular weight excluding hydrogens is 346 g/mol. The summed E-state index contributed by atoms with van der Waals surface area (Å²) in [6, 6.07) is 17.1. The first-order valence-electron chi connectivity index (χ1n) is 8.20. The van der Waals surface area contributed by atoms with Gasteiger partial charge in [-0.2, -0.15) is 5.26 Å². The average molecular weight is 365 g/mol. The number of benzene rings is 2. The van der Waals surface area contributed by atoms with Gasteiger partial charge in [0.25, 0.3) is 0 Å². The molecule has 0 aliphatic carbocycles. The molecule has 1 aromatic heterocycles. The van der Waals surface area contributed by atoms with Crippen LogP contribution in [0, 0.1) is 18.3 Å². The van der Waals surface area contributed by atoms with Gasteiger partial charge in [-0.1, -0.05) is 23.9 Å². The Bertz CT molecular complexity index is 900. The molecule has 0 fully saturated rings. The molecular formula is C20H19N3O2S. The quantitative estimate of drug-likeness (QED) is 0.648. The molecule has 3 rings (SSSR count). The number of rotatable bonds is 7. The van der Waals surface area contributed by atoms with Gasteiger partial charge in [0.2, 0.25) is 0 Å². The maximum absolute atomic E-state index is 10.2. The van der Waals surface area contributed by atoms with E-state index < -0.39 is 6.10 Å². The fraction of sp³-hybridized carbons (Fsp3) is 0.200. The number of ether oxygens (including phenoxy) is 1. The number of imidazole rings is 1. The third kappa shape index (κ3) is 4.66. The van der Waals surface area contributed by atoms with Gasteiger partial charge in [0.1, 0.15) is 12.4 Å². The number of hydrogen-bond donors (Lipinski definition) is 1. The smallest absolute Gasteiger partial charge is 0.172 e. The number of thioether (sulfide) groups is 1. The third-order valence-electron chi connectivity index (χ3n) is 3.72. The highest BCUT2D eigenvalue weighted by molar-refractivity contribution is 7.99. The van der Waals surface area contributed by atoms with Crippen molar-refractivity contribution in [2.75, 3.05) is 12.4 Å². The van der Waals surface area contributed by atoms with Gasteiger partial charge in [0.05, 0.1) is 17.7 Å². The molecule has 6 heteroatoms. The van der Waals surface area contributed by atoms with Crippen LogP contribution in [0.3, 0.4) is 0 Å². The van der Waals surface area contributed by atoms with E-state index in [1.54, 1.807) is 30.5 Å². The van der Waals surface area contributed by atoms with Crippen molar-refractivity contribution in [2.24, 2.45) is 0 Å². The van der Waals surface area contributed by atoms with Gasteiger partial charge in [-0.15, -0.1) is 0 Å². The maximum Gasteiger partial charge on any atom is 0.172 e. The van der Waals surface area contributed by atoms with Gasteiger partial charge in [0.15, 0.2) is 5.16 Å². The predicted octanol–water partition coefficient (Wildman–Crippen LogP) is 3.58. The van der Waals surface area contributed by atoms with Crippen molar-refractivity contribution in [3.05, 3.63) is 72.1 Å². The highest BCUT2D eigenvalue weighted by atomic mass is 32.2. The van der Waals surface area contributed by atoms with Crippen molar-refractivity contribution >= 4 is 11.8 Å². The molecule has 0 bridgehead atoms. The molecule has 0 amide bonds. The Morgan fingerprint density at radius 3 is 2.81 bits per heavy atom. The molecule has 0 aliphatic rings. The summed E-state index contributed by atoms with van der Waals surface area (Å²) >= 11 is 1.48. The van der Waals surface area contributed by atoms with Crippen LogP contribution >= 0.6 is 11.8 Å². The molecule has 5 nitrogen and oxygen atoms in total. The van der Waals surface area contributed by atoms with E-state index in [4.69, 9.17) is 10.00 Å². The minimum Gasteiger partial charge on any atom is -0.491 e. The molecule has 0 radical (unpaired) electrons. The number of aliphatic hydroxyl groups excluding tert-OH is 1. The zero-order valence-corrected chi connectivity index (χ0v) is 15.2. The number of aliphatic hydroxyl groups is 1. The largest absolute Gasteiger partial charge is 0.491 e. The number of aryl methyl sites for hydroxylation is 1. The van der Waals surface area contributed by atoms with Crippen molar-refractivity contribution < 1.29 is 9.84 Å². The lowest BCUT2D eigenvalue weighted by atomic mass is 10.2.